The van der Waals surface area contributed by atoms with Gasteiger partial charge < -0.3 is 14.5 Å². The van der Waals surface area contributed by atoms with Crippen molar-refractivity contribution in [1.29, 1.82) is 5.26 Å². The maximum atomic E-state index is 13.3. The molecule has 0 spiro atoms. The molecule has 0 radical (unpaired) electrons. The molecule has 0 bridgehead atoms. The third kappa shape index (κ3) is 4.73. The Labute approximate surface area is 185 Å². The second kappa shape index (κ2) is 9.21. The molecule has 0 aliphatic carbocycles. The summed E-state index contributed by atoms with van der Waals surface area (Å²) in [5, 5.41) is 9.10. The van der Waals surface area contributed by atoms with Gasteiger partial charge in [-0.3, -0.25) is 4.79 Å². The first-order valence-corrected chi connectivity index (χ1v) is 10.7. The number of ether oxygens (including phenoxy) is 1. The number of morpholine rings is 1. The number of hydrogen-bond acceptors (Lipinski definition) is 4. The van der Waals surface area contributed by atoms with Gasteiger partial charge in [0.25, 0.3) is 0 Å². The van der Waals surface area contributed by atoms with Gasteiger partial charge in [-0.05, 0) is 54.8 Å². The standard InChI is InChI=1S/C24H24F3N3O2/c25-24(26,27)20-6-3-18(4-7-20)19-5-10-22(23(31)29-11-13-32-14-12-29)30(16-19)21-8-1-17(15-28)2-9-21/h1-4,6-9,19,22H,5,10-14,16H2/t19?,22-/m0/s1. The molecular weight excluding hydrogens is 419 g/mol. The SMILES string of the molecule is N#Cc1ccc(N2CC(c3ccc(C(F)(F)F)cc3)CC[C@H]2C(=O)N2CCOCC2)cc1. The van der Waals surface area contributed by atoms with Gasteiger partial charge in [0.2, 0.25) is 5.91 Å². The van der Waals surface area contributed by atoms with Crippen LogP contribution in [0.25, 0.3) is 0 Å². The molecule has 0 saturated carbocycles. The molecule has 1 unspecified atom stereocenters. The zero-order valence-electron chi connectivity index (χ0n) is 17.5. The average Bonchev–Trinajstić information content (AvgIpc) is 2.83. The Balaban J connectivity index is 1.59. The highest BCUT2D eigenvalue weighted by Gasteiger charge is 2.37. The Morgan fingerprint density at radius 1 is 1.00 bits per heavy atom. The molecule has 2 aliphatic heterocycles. The number of amides is 1. The summed E-state index contributed by atoms with van der Waals surface area (Å²) in [6.07, 6.45) is -3.06. The van der Waals surface area contributed by atoms with Crippen LogP contribution in [0, 0.1) is 11.3 Å². The van der Waals surface area contributed by atoms with Crippen molar-refractivity contribution in [3.8, 4) is 6.07 Å². The number of rotatable bonds is 3. The van der Waals surface area contributed by atoms with E-state index in [1.165, 1.54) is 12.1 Å². The predicted octanol–water partition coefficient (Wildman–Crippen LogP) is 4.19. The van der Waals surface area contributed by atoms with Crippen LogP contribution in [0.15, 0.2) is 48.5 Å². The van der Waals surface area contributed by atoms with Crippen LogP contribution in [0.1, 0.15) is 35.4 Å². The van der Waals surface area contributed by atoms with E-state index in [4.69, 9.17) is 10.00 Å². The quantitative estimate of drug-likeness (QED) is 0.714. The fraction of sp³-hybridized carbons (Fsp3) is 0.417. The smallest absolute Gasteiger partial charge is 0.378 e. The third-order valence-electron chi connectivity index (χ3n) is 6.23. The van der Waals surface area contributed by atoms with E-state index in [1.807, 2.05) is 21.9 Å². The van der Waals surface area contributed by atoms with Crippen molar-refractivity contribution in [2.75, 3.05) is 37.7 Å². The van der Waals surface area contributed by atoms with Gasteiger partial charge in [0.15, 0.2) is 0 Å². The van der Waals surface area contributed by atoms with E-state index >= 15 is 0 Å². The van der Waals surface area contributed by atoms with E-state index in [0.717, 1.165) is 23.4 Å². The summed E-state index contributed by atoms with van der Waals surface area (Å²) >= 11 is 0. The van der Waals surface area contributed by atoms with Crippen LogP contribution >= 0.6 is 0 Å². The average molecular weight is 443 g/mol. The van der Waals surface area contributed by atoms with Crippen molar-refractivity contribution in [3.05, 3.63) is 65.2 Å². The number of piperidine rings is 1. The first-order valence-electron chi connectivity index (χ1n) is 10.7. The molecule has 4 rings (SSSR count). The predicted molar refractivity (Wildman–Crippen MR) is 113 cm³/mol. The van der Waals surface area contributed by atoms with Gasteiger partial charge in [-0.1, -0.05) is 12.1 Å². The summed E-state index contributed by atoms with van der Waals surface area (Å²) in [4.78, 5) is 17.2. The second-order valence-electron chi connectivity index (χ2n) is 8.16. The lowest BCUT2D eigenvalue weighted by Crippen LogP contribution is -2.54. The highest BCUT2D eigenvalue weighted by atomic mass is 19.4. The first-order chi connectivity index (χ1) is 15.4. The molecule has 2 aliphatic rings. The molecule has 2 atom stereocenters. The van der Waals surface area contributed by atoms with Crippen LogP contribution in [-0.4, -0.2) is 49.7 Å². The summed E-state index contributed by atoms with van der Waals surface area (Å²) in [6.45, 7) is 2.66. The Bertz CT molecular complexity index is 978. The zero-order chi connectivity index (χ0) is 22.7. The number of benzene rings is 2. The van der Waals surface area contributed by atoms with Crippen LogP contribution < -0.4 is 4.90 Å². The van der Waals surface area contributed by atoms with E-state index < -0.39 is 11.7 Å². The normalized spacial score (nSPS) is 21.8. The maximum absolute atomic E-state index is 13.3. The largest absolute Gasteiger partial charge is 0.416 e. The summed E-state index contributed by atoms with van der Waals surface area (Å²) in [5.74, 6) is 0.0465. The van der Waals surface area contributed by atoms with E-state index in [-0.39, 0.29) is 17.9 Å². The van der Waals surface area contributed by atoms with Gasteiger partial charge in [0, 0.05) is 31.2 Å². The van der Waals surface area contributed by atoms with E-state index in [1.54, 1.807) is 12.1 Å². The maximum Gasteiger partial charge on any atom is 0.416 e. The Morgan fingerprint density at radius 3 is 2.25 bits per heavy atom. The van der Waals surface area contributed by atoms with Crippen molar-refractivity contribution in [2.24, 2.45) is 0 Å². The molecular formula is C24H24F3N3O2. The highest BCUT2D eigenvalue weighted by Crippen LogP contribution is 2.36. The highest BCUT2D eigenvalue weighted by molar-refractivity contribution is 5.86. The monoisotopic (exact) mass is 443 g/mol. The number of anilines is 1. The Hall–Kier alpha value is -3.05. The molecule has 8 heteroatoms. The number of nitrogens with zero attached hydrogens (tertiary/aromatic N) is 3. The second-order valence-corrected chi connectivity index (χ2v) is 8.16. The number of hydrogen-bond donors (Lipinski definition) is 0. The summed E-state index contributed by atoms with van der Waals surface area (Å²) in [6, 6.07) is 14.1. The van der Waals surface area contributed by atoms with Crippen LogP contribution in [0.3, 0.4) is 0 Å². The first kappa shape index (κ1) is 22.2. The minimum Gasteiger partial charge on any atom is -0.378 e. The number of halogens is 3. The lowest BCUT2D eigenvalue weighted by atomic mass is 9.86. The molecule has 5 nitrogen and oxygen atoms in total. The Kier molecular flexibility index (Phi) is 6.38. The lowest BCUT2D eigenvalue weighted by molar-refractivity contribution is -0.138. The number of alkyl halides is 3. The van der Waals surface area contributed by atoms with Crippen LogP contribution in [-0.2, 0) is 15.7 Å². The number of carbonyl (C=O) groups excluding carboxylic acids is 1. The minimum atomic E-state index is -4.37. The lowest BCUT2D eigenvalue weighted by Gasteiger charge is -2.43. The molecule has 32 heavy (non-hydrogen) atoms. The molecule has 0 aromatic heterocycles. The van der Waals surface area contributed by atoms with Gasteiger partial charge in [0.1, 0.15) is 6.04 Å². The van der Waals surface area contributed by atoms with E-state index in [2.05, 4.69) is 6.07 Å². The van der Waals surface area contributed by atoms with Crippen molar-refractivity contribution >= 4 is 11.6 Å². The number of carbonyl (C=O) groups is 1. The van der Waals surface area contributed by atoms with Crippen molar-refractivity contribution in [1.82, 2.24) is 4.90 Å². The van der Waals surface area contributed by atoms with Gasteiger partial charge in [-0.2, -0.15) is 18.4 Å². The van der Waals surface area contributed by atoms with Crippen molar-refractivity contribution in [2.45, 2.75) is 31.0 Å². The fourth-order valence-electron chi connectivity index (χ4n) is 4.45. The molecule has 2 aromatic rings. The zero-order valence-corrected chi connectivity index (χ0v) is 17.5. The van der Waals surface area contributed by atoms with Gasteiger partial charge >= 0.3 is 6.18 Å². The third-order valence-corrected chi connectivity index (χ3v) is 6.23. The van der Waals surface area contributed by atoms with Crippen LogP contribution in [0.5, 0.6) is 0 Å². The van der Waals surface area contributed by atoms with Gasteiger partial charge in [-0.15, -0.1) is 0 Å². The van der Waals surface area contributed by atoms with Crippen LogP contribution in [0.2, 0.25) is 0 Å². The molecule has 2 fully saturated rings. The molecule has 1 amide bonds. The fourth-order valence-corrected chi connectivity index (χ4v) is 4.45. The van der Waals surface area contributed by atoms with Crippen LogP contribution in [0.4, 0.5) is 18.9 Å². The molecule has 2 saturated heterocycles. The molecule has 0 N–H and O–H groups in total. The number of nitriles is 1. The summed E-state index contributed by atoms with van der Waals surface area (Å²) in [5.41, 5.74) is 1.52. The van der Waals surface area contributed by atoms with Crippen molar-refractivity contribution in [3.63, 3.8) is 0 Å². The topological polar surface area (TPSA) is 56.6 Å². The van der Waals surface area contributed by atoms with Crippen molar-refractivity contribution < 1.29 is 22.7 Å². The summed E-state index contributed by atoms with van der Waals surface area (Å²) in [7, 11) is 0. The molecule has 2 aromatic carbocycles. The minimum absolute atomic E-state index is 0.00154. The van der Waals surface area contributed by atoms with Gasteiger partial charge in [0.05, 0.1) is 30.4 Å². The van der Waals surface area contributed by atoms with Gasteiger partial charge in [-0.25, -0.2) is 0 Å². The molecule has 2 heterocycles. The Morgan fingerprint density at radius 2 is 1.66 bits per heavy atom. The van der Waals surface area contributed by atoms with E-state index in [9.17, 15) is 18.0 Å². The van der Waals surface area contributed by atoms with E-state index in [0.29, 0.717) is 51.3 Å². The summed E-state index contributed by atoms with van der Waals surface area (Å²) < 4.78 is 44.2. The molecule has 168 valence electrons.